The molecule has 2 aliphatic heterocycles. The minimum atomic E-state index is -0.334. The molecule has 0 unspecified atom stereocenters. The summed E-state index contributed by atoms with van der Waals surface area (Å²) in [6, 6.07) is 0. The van der Waals surface area contributed by atoms with E-state index in [0.717, 1.165) is 6.42 Å². The average molecular weight is 340 g/mol. The van der Waals surface area contributed by atoms with Crippen LogP contribution >= 0.6 is 0 Å². The summed E-state index contributed by atoms with van der Waals surface area (Å²) in [4.78, 5) is 0. The van der Waals surface area contributed by atoms with Crippen LogP contribution in [0.3, 0.4) is 0 Å². The summed E-state index contributed by atoms with van der Waals surface area (Å²) in [5.41, 5.74) is -0.640. The second-order valence-corrected chi connectivity index (χ2v) is 8.24. The highest BCUT2D eigenvalue weighted by Gasteiger charge is 2.50. The highest BCUT2D eigenvalue weighted by Crippen LogP contribution is 2.37. The minimum Gasteiger partial charge on any atom is -0.400 e. The van der Waals surface area contributed by atoms with Gasteiger partial charge in [-0.15, -0.1) is 0 Å². The molecular weight excluding hydrogens is 307 g/mol. The van der Waals surface area contributed by atoms with Gasteiger partial charge in [0.1, 0.15) is 0 Å². The third kappa shape index (κ3) is 5.05. The highest BCUT2D eigenvalue weighted by molar-refractivity contribution is 6.51. The lowest BCUT2D eigenvalue weighted by Gasteiger charge is -2.34. The van der Waals surface area contributed by atoms with Gasteiger partial charge in [0.25, 0.3) is 0 Å². The number of hydrogen-bond donors (Lipinski definition) is 2. The number of hydrogen-bond acceptors (Lipinski definition) is 5. The van der Waals surface area contributed by atoms with Crippen molar-refractivity contribution in [2.24, 2.45) is 5.92 Å². The molecule has 0 spiro atoms. The number of aliphatic hydroxyl groups excluding tert-OH is 2. The zero-order valence-corrected chi connectivity index (χ0v) is 15.7. The van der Waals surface area contributed by atoms with Gasteiger partial charge in [-0.3, -0.25) is 0 Å². The van der Waals surface area contributed by atoms with Gasteiger partial charge in [-0.05, 0) is 59.3 Å². The molecule has 6 heteroatoms. The Bertz CT molecular complexity index is 421. The maximum absolute atomic E-state index is 9.99. The summed E-state index contributed by atoms with van der Waals surface area (Å²) < 4.78 is 17.9. The predicted molar refractivity (Wildman–Crippen MR) is 94.6 cm³/mol. The monoisotopic (exact) mass is 340 g/mol. The SMILES string of the molecule is C[C@@H](/C=C/B1OC(C)(C)C(C)(C)O1)C[C@@H]1C[C@H](O)C[C@H](CCO)O1. The average Bonchev–Trinajstić information content (AvgIpc) is 2.64. The van der Waals surface area contributed by atoms with Crippen LogP contribution in [0.1, 0.15) is 60.3 Å². The molecule has 0 bridgehead atoms. The second kappa shape index (κ2) is 7.87. The van der Waals surface area contributed by atoms with Gasteiger partial charge >= 0.3 is 7.12 Å². The van der Waals surface area contributed by atoms with Crippen molar-refractivity contribution < 1.29 is 24.3 Å². The van der Waals surface area contributed by atoms with Gasteiger partial charge in [0.15, 0.2) is 0 Å². The van der Waals surface area contributed by atoms with Crippen LogP contribution < -0.4 is 0 Å². The molecule has 0 aromatic heterocycles. The first-order valence-electron chi connectivity index (χ1n) is 9.11. The molecule has 138 valence electrons. The summed E-state index contributed by atoms with van der Waals surface area (Å²) in [6.07, 6.45) is 4.48. The van der Waals surface area contributed by atoms with Crippen molar-refractivity contribution in [3.8, 4) is 0 Å². The van der Waals surface area contributed by atoms with Crippen LogP contribution in [-0.4, -0.2) is 53.5 Å². The third-order valence-electron chi connectivity index (χ3n) is 5.41. The van der Waals surface area contributed by atoms with Gasteiger partial charge < -0.3 is 24.3 Å². The molecule has 24 heavy (non-hydrogen) atoms. The van der Waals surface area contributed by atoms with Crippen molar-refractivity contribution >= 4 is 7.12 Å². The largest absolute Gasteiger partial charge is 0.486 e. The van der Waals surface area contributed by atoms with Crippen LogP contribution in [0, 0.1) is 5.92 Å². The Balaban J connectivity index is 1.83. The number of aliphatic hydroxyl groups is 2. The Morgan fingerprint density at radius 3 is 2.29 bits per heavy atom. The molecule has 2 heterocycles. The van der Waals surface area contributed by atoms with Gasteiger partial charge in [-0.2, -0.15) is 0 Å². The van der Waals surface area contributed by atoms with Crippen molar-refractivity contribution in [3.63, 3.8) is 0 Å². The molecule has 0 amide bonds. The van der Waals surface area contributed by atoms with E-state index in [4.69, 9.17) is 19.2 Å². The molecule has 5 nitrogen and oxygen atoms in total. The first-order chi connectivity index (χ1) is 11.1. The highest BCUT2D eigenvalue weighted by atomic mass is 16.7. The topological polar surface area (TPSA) is 68.2 Å². The fourth-order valence-corrected chi connectivity index (χ4v) is 3.31. The molecule has 2 rings (SSSR count). The van der Waals surface area contributed by atoms with Crippen molar-refractivity contribution in [3.05, 3.63) is 12.1 Å². The van der Waals surface area contributed by atoms with E-state index in [1.807, 2.05) is 33.7 Å². The van der Waals surface area contributed by atoms with Crippen LogP contribution in [0.15, 0.2) is 12.1 Å². The molecule has 0 saturated carbocycles. The molecule has 0 aromatic rings. The summed E-state index contributed by atoms with van der Waals surface area (Å²) >= 11 is 0. The summed E-state index contributed by atoms with van der Waals surface area (Å²) in [7, 11) is -0.322. The van der Waals surface area contributed by atoms with E-state index >= 15 is 0 Å². The van der Waals surface area contributed by atoms with Gasteiger partial charge in [-0.1, -0.05) is 19.0 Å². The van der Waals surface area contributed by atoms with Crippen LogP contribution in [-0.2, 0) is 14.0 Å². The Morgan fingerprint density at radius 2 is 1.71 bits per heavy atom. The molecule has 2 N–H and O–H groups in total. The Morgan fingerprint density at radius 1 is 1.12 bits per heavy atom. The van der Waals surface area contributed by atoms with E-state index in [2.05, 4.69) is 13.0 Å². The first kappa shape index (κ1) is 19.9. The van der Waals surface area contributed by atoms with Crippen LogP contribution in [0.5, 0.6) is 0 Å². The Kier molecular flexibility index (Phi) is 6.54. The Labute approximate surface area is 146 Å². The smallest absolute Gasteiger partial charge is 0.400 e. The fourth-order valence-electron chi connectivity index (χ4n) is 3.31. The minimum absolute atomic E-state index is 0.0308. The van der Waals surface area contributed by atoms with Gasteiger partial charge in [0.2, 0.25) is 0 Å². The normalized spacial score (nSPS) is 34.0. The number of ether oxygens (including phenoxy) is 1. The molecule has 0 radical (unpaired) electrons. The lowest BCUT2D eigenvalue weighted by Crippen LogP contribution is -2.41. The van der Waals surface area contributed by atoms with Crippen LogP contribution in [0.2, 0.25) is 0 Å². The maximum Gasteiger partial charge on any atom is 0.486 e. The third-order valence-corrected chi connectivity index (χ3v) is 5.41. The first-order valence-corrected chi connectivity index (χ1v) is 9.11. The lowest BCUT2D eigenvalue weighted by atomic mass is 9.86. The van der Waals surface area contributed by atoms with Gasteiger partial charge in [0.05, 0.1) is 29.5 Å². The van der Waals surface area contributed by atoms with Gasteiger partial charge in [0, 0.05) is 6.61 Å². The zero-order valence-electron chi connectivity index (χ0n) is 15.7. The quantitative estimate of drug-likeness (QED) is 0.727. The zero-order chi connectivity index (χ0) is 18.0. The van der Waals surface area contributed by atoms with Crippen molar-refractivity contribution in [2.45, 2.75) is 89.8 Å². The number of rotatable bonds is 6. The maximum atomic E-state index is 9.99. The van der Waals surface area contributed by atoms with E-state index < -0.39 is 0 Å². The van der Waals surface area contributed by atoms with E-state index in [0.29, 0.717) is 25.2 Å². The molecule has 0 aliphatic carbocycles. The van der Waals surface area contributed by atoms with E-state index in [-0.39, 0.29) is 43.2 Å². The summed E-state index contributed by atoms with van der Waals surface area (Å²) in [6.45, 7) is 10.4. The molecule has 4 atom stereocenters. The predicted octanol–water partition coefficient (Wildman–Crippen LogP) is 2.49. The summed E-state index contributed by atoms with van der Waals surface area (Å²) in [5, 5.41) is 19.1. The van der Waals surface area contributed by atoms with E-state index in [1.54, 1.807) is 0 Å². The fraction of sp³-hybridized carbons (Fsp3) is 0.889. The molecular formula is C18H33BO5. The van der Waals surface area contributed by atoms with Crippen LogP contribution in [0.25, 0.3) is 0 Å². The number of allylic oxidation sites excluding steroid dienone is 1. The van der Waals surface area contributed by atoms with Crippen molar-refractivity contribution in [1.29, 1.82) is 0 Å². The molecule has 2 fully saturated rings. The Hall–Kier alpha value is -0.395. The molecule has 0 aromatic carbocycles. The van der Waals surface area contributed by atoms with Crippen molar-refractivity contribution in [2.75, 3.05) is 6.61 Å². The van der Waals surface area contributed by atoms with E-state index in [9.17, 15) is 5.11 Å². The second-order valence-electron chi connectivity index (χ2n) is 8.24. The standard InChI is InChI=1S/C18H33BO5/c1-13(6-8-19-23-17(2,3)18(4,5)24-19)10-16-12-14(21)11-15(22-16)7-9-20/h6,8,13-16,20-21H,7,9-12H2,1-5H3/b8-6+/t13-,14+,15-,16+/m0/s1. The summed E-state index contributed by atoms with van der Waals surface area (Å²) in [5.74, 6) is 2.28. The van der Waals surface area contributed by atoms with Crippen LogP contribution in [0.4, 0.5) is 0 Å². The van der Waals surface area contributed by atoms with Gasteiger partial charge in [-0.25, -0.2) is 0 Å². The molecule has 2 saturated heterocycles. The van der Waals surface area contributed by atoms with E-state index in [1.165, 1.54) is 0 Å². The molecule has 2 aliphatic rings. The lowest BCUT2D eigenvalue weighted by molar-refractivity contribution is -0.106. The van der Waals surface area contributed by atoms with Crippen molar-refractivity contribution in [1.82, 2.24) is 0 Å².